The third-order valence-corrected chi connectivity index (χ3v) is 5.38. The second-order valence-electron chi connectivity index (χ2n) is 6.97. The monoisotopic (exact) mass is 414 g/mol. The van der Waals surface area contributed by atoms with Crippen LogP contribution in [-0.2, 0) is 11.3 Å². The summed E-state index contributed by atoms with van der Waals surface area (Å²) >= 11 is 6.13. The lowest BCUT2D eigenvalue weighted by Gasteiger charge is -2.37. The molecule has 0 unspecified atom stereocenters. The number of hydrogen-bond donors (Lipinski definition) is 0. The number of furan rings is 1. The highest BCUT2D eigenvalue weighted by Crippen LogP contribution is 2.29. The summed E-state index contributed by atoms with van der Waals surface area (Å²) in [5.41, 5.74) is 2.45. The summed E-state index contributed by atoms with van der Waals surface area (Å²) in [6.45, 7) is 4.78. The fourth-order valence-electron chi connectivity index (χ4n) is 3.51. The molecule has 29 heavy (non-hydrogen) atoms. The first-order valence-corrected chi connectivity index (χ1v) is 9.90. The van der Waals surface area contributed by atoms with Gasteiger partial charge in [0.05, 0.1) is 26.9 Å². The van der Waals surface area contributed by atoms with Gasteiger partial charge in [-0.3, -0.25) is 9.80 Å². The van der Waals surface area contributed by atoms with E-state index in [1.807, 2.05) is 42.3 Å². The highest BCUT2D eigenvalue weighted by Gasteiger charge is 2.29. The number of benzene rings is 2. The van der Waals surface area contributed by atoms with Gasteiger partial charge in [-0.15, -0.1) is 0 Å². The topological polar surface area (TPSA) is 55.2 Å². The van der Waals surface area contributed by atoms with E-state index in [4.69, 9.17) is 25.5 Å². The number of carbonyl (C=O) groups excluding carboxylic acids is 1. The molecule has 1 amide bonds. The van der Waals surface area contributed by atoms with Crippen molar-refractivity contribution in [2.24, 2.45) is 0 Å². The maximum absolute atomic E-state index is 13.5. The summed E-state index contributed by atoms with van der Waals surface area (Å²) < 4.78 is 16.6. The van der Waals surface area contributed by atoms with E-state index in [2.05, 4.69) is 0 Å². The summed E-state index contributed by atoms with van der Waals surface area (Å²) in [4.78, 5) is 13.5. The molecule has 0 atom stereocenters. The summed E-state index contributed by atoms with van der Waals surface area (Å²) in [6.07, 6.45) is 0. The van der Waals surface area contributed by atoms with Gasteiger partial charge in [0.2, 0.25) is 0 Å². The van der Waals surface area contributed by atoms with E-state index in [0.717, 1.165) is 22.3 Å². The fourth-order valence-corrected chi connectivity index (χ4v) is 3.69. The molecule has 3 aromatic rings. The first kappa shape index (κ1) is 19.8. The Morgan fingerprint density at radius 2 is 1.90 bits per heavy atom. The third-order valence-electron chi connectivity index (χ3n) is 5.15. The predicted molar refractivity (Wildman–Crippen MR) is 111 cm³/mol. The average molecular weight is 415 g/mol. The van der Waals surface area contributed by atoms with Gasteiger partial charge in [-0.2, -0.15) is 0 Å². The zero-order valence-corrected chi connectivity index (χ0v) is 17.2. The van der Waals surface area contributed by atoms with Gasteiger partial charge in [0, 0.05) is 29.1 Å². The van der Waals surface area contributed by atoms with Crippen molar-refractivity contribution in [2.75, 3.05) is 33.4 Å². The molecular weight excluding hydrogens is 392 g/mol. The molecule has 0 saturated carbocycles. The van der Waals surface area contributed by atoms with E-state index in [1.54, 1.807) is 24.3 Å². The minimum atomic E-state index is -0.174. The van der Waals surface area contributed by atoms with Crippen molar-refractivity contribution in [2.45, 2.75) is 13.5 Å². The highest BCUT2D eigenvalue weighted by molar-refractivity contribution is 6.31. The molecule has 1 aliphatic heterocycles. The second-order valence-corrected chi connectivity index (χ2v) is 7.41. The zero-order chi connectivity index (χ0) is 20.4. The van der Waals surface area contributed by atoms with Gasteiger partial charge in [-0.25, -0.2) is 5.01 Å². The number of hydrazine groups is 1. The summed E-state index contributed by atoms with van der Waals surface area (Å²) in [5, 5.41) is 5.24. The normalized spacial score (nSPS) is 14.9. The van der Waals surface area contributed by atoms with Crippen LogP contribution >= 0.6 is 11.6 Å². The molecule has 7 heteroatoms. The van der Waals surface area contributed by atoms with Crippen molar-refractivity contribution in [1.29, 1.82) is 0 Å². The number of ether oxygens (including phenoxy) is 2. The van der Waals surface area contributed by atoms with E-state index in [-0.39, 0.29) is 5.91 Å². The number of aryl methyl sites for hydroxylation is 1. The lowest BCUT2D eigenvalue weighted by Crippen LogP contribution is -2.51. The van der Waals surface area contributed by atoms with Crippen molar-refractivity contribution in [3.8, 4) is 5.75 Å². The van der Waals surface area contributed by atoms with E-state index in [1.165, 1.54) is 0 Å². The Labute approximate surface area is 174 Å². The SMILES string of the molecule is COc1ccc(CN(C(=O)c2oc3ccc(Cl)cc3c2C)N2CCOCC2)cc1. The van der Waals surface area contributed by atoms with Gasteiger partial charge in [0.15, 0.2) is 5.76 Å². The lowest BCUT2D eigenvalue weighted by atomic mass is 10.1. The van der Waals surface area contributed by atoms with Crippen LogP contribution in [0.2, 0.25) is 5.02 Å². The first-order chi connectivity index (χ1) is 14.1. The Bertz CT molecular complexity index is 1010. The van der Waals surface area contributed by atoms with Crippen LogP contribution in [-0.4, -0.2) is 49.3 Å². The third kappa shape index (κ3) is 4.10. The summed E-state index contributed by atoms with van der Waals surface area (Å²) in [7, 11) is 1.63. The minimum absolute atomic E-state index is 0.174. The van der Waals surface area contributed by atoms with Crippen LogP contribution in [0, 0.1) is 6.92 Å². The number of fused-ring (bicyclic) bond motifs is 1. The molecule has 1 fully saturated rings. The van der Waals surface area contributed by atoms with Crippen LogP contribution in [0.1, 0.15) is 21.7 Å². The van der Waals surface area contributed by atoms with Crippen LogP contribution in [0.4, 0.5) is 0 Å². The number of halogens is 1. The van der Waals surface area contributed by atoms with Gasteiger partial charge >= 0.3 is 5.91 Å². The van der Waals surface area contributed by atoms with Crippen LogP contribution in [0.25, 0.3) is 11.0 Å². The van der Waals surface area contributed by atoms with Crippen LogP contribution in [0.5, 0.6) is 5.75 Å². The molecule has 2 heterocycles. The van der Waals surface area contributed by atoms with Gasteiger partial charge in [0.25, 0.3) is 0 Å². The maximum Gasteiger partial charge on any atom is 0.304 e. The Kier molecular flexibility index (Phi) is 5.76. The number of morpholine rings is 1. The van der Waals surface area contributed by atoms with E-state index < -0.39 is 0 Å². The van der Waals surface area contributed by atoms with Gasteiger partial charge in [0.1, 0.15) is 11.3 Å². The molecule has 1 saturated heterocycles. The van der Waals surface area contributed by atoms with Crippen LogP contribution in [0.15, 0.2) is 46.9 Å². The molecule has 0 N–H and O–H groups in total. The molecule has 0 radical (unpaired) electrons. The Morgan fingerprint density at radius 3 is 2.59 bits per heavy atom. The Hall–Kier alpha value is -2.54. The predicted octanol–water partition coefficient (Wildman–Crippen LogP) is 4.29. The molecule has 4 rings (SSSR count). The molecule has 6 nitrogen and oxygen atoms in total. The Balaban J connectivity index is 1.67. The average Bonchev–Trinajstić information content (AvgIpc) is 3.08. The first-order valence-electron chi connectivity index (χ1n) is 9.53. The molecule has 2 aromatic carbocycles. The van der Waals surface area contributed by atoms with Gasteiger partial charge in [-0.1, -0.05) is 23.7 Å². The summed E-state index contributed by atoms with van der Waals surface area (Å²) in [6, 6.07) is 13.1. The van der Waals surface area contributed by atoms with E-state index in [9.17, 15) is 4.79 Å². The van der Waals surface area contributed by atoms with Crippen LogP contribution in [0.3, 0.4) is 0 Å². The van der Waals surface area contributed by atoms with Crippen molar-refractivity contribution >= 4 is 28.5 Å². The number of nitrogens with zero attached hydrogens (tertiary/aromatic N) is 2. The van der Waals surface area contributed by atoms with Crippen LogP contribution < -0.4 is 4.74 Å². The molecule has 0 aliphatic carbocycles. The minimum Gasteiger partial charge on any atom is -0.497 e. The number of methoxy groups -OCH3 is 1. The van der Waals surface area contributed by atoms with Gasteiger partial charge in [-0.05, 0) is 42.8 Å². The lowest BCUT2D eigenvalue weighted by molar-refractivity contribution is -0.0750. The number of rotatable bonds is 5. The van der Waals surface area contributed by atoms with E-state index in [0.29, 0.717) is 49.2 Å². The molecule has 0 bridgehead atoms. The maximum atomic E-state index is 13.5. The van der Waals surface area contributed by atoms with Crippen molar-refractivity contribution < 1.29 is 18.7 Å². The number of hydrogen-bond acceptors (Lipinski definition) is 5. The molecular formula is C22H23ClN2O4. The number of amides is 1. The number of carbonyl (C=O) groups is 1. The highest BCUT2D eigenvalue weighted by atomic mass is 35.5. The molecule has 1 aromatic heterocycles. The van der Waals surface area contributed by atoms with Crippen molar-refractivity contribution in [3.63, 3.8) is 0 Å². The largest absolute Gasteiger partial charge is 0.497 e. The second kappa shape index (κ2) is 8.45. The fraction of sp³-hybridized carbons (Fsp3) is 0.318. The van der Waals surface area contributed by atoms with Gasteiger partial charge < -0.3 is 13.9 Å². The molecule has 0 spiro atoms. The molecule has 1 aliphatic rings. The van der Waals surface area contributed by atoms with E-state index >= 15 is 0 Å². The standard InChI is InChI=1S/C22H23ClN2O4/c1-15-19-13-17(23)5-8-20(19)29-21(15)22(26)25(24-9-11-28-12-10-24)14-16-3-6-18(27-2)7-4-16/h3-8,13H,9-12,14H2,1-2H3. The zero-order valence-electron chi connectivity index (χ0n) is 16.5. The quantitative estimate of drug-likeness (QED) is 0.623. The summed E-state index contributed by atoms with van der Waals surface area (Å²) in [5.74, 6) is 0.942. The van der Waals surface area contributed by atoms with Crippen molar-refractivity contribution in [3.05, 3.63) is 64.4 Å². The Morgan fingerprint density at radius 1 is 1.17 bits per heavy atom. The smallest absolute Gasteiger partial charge is 0.304 e. The van der Waals surface area contributed by atoms with Crippen molar-refractivity contribution in [1.82, 2.24) is 10.0 Å². The molecule has 152 valence electrons.